The molecule has 24 heavy (non-hydrogen) atoms. The van der Waals surface area contributed by atoms with E-state index in [9.17, 15) is 14.4 Å². The molecule has 0 aliphatic rings. The van der Waals surface area contributed by atoms with E-state index in [0.717, 1.165) is 0 Å². The molecule has 3 rings (SSSR count). The van der Waals surface area contributed by atoms with E-state index in [1.165, 1.54) is 12.1 Å². The van der Waals surface area contributed by atoms with Crippen molar-refractivity contribution in [2.24, 2.45) is 0 Å². The van der Waals surface area contributed by atoms with Crippen LogP contribution in [0.4, 0.5) is 5.82 Å². The number of aromatic nitrogens is 1. The molecule has 122 valence electrons. The highest BCUT2D eigenvalue weighted by atomic mass is 16.5. The lowest BCUT2D eigenvalue weighted by molar-refractivity contribution is -0.115. The van der Waals surface area contributed by atoms with Gasteiger partial charge in [-0.1, -0.05) is 23.4 Å². The summed E-state index contributed by atoms with van der Waals surface area (Å²) < 4.78 is 9.89. The largest absolute Gasteiger partial charge is 0.422 e. The van der Waals surface area contributed by atoms with Crippen LogP contribution in [-0.2, 0) is 4.79 Å². The molecule has 3 aromatic rings. The molecule has 0 spiro atoms. The summed E-state index contributed by atoms with van der Waals surface area (Å²) >= 11 is 0. The van der Waals surface area contributed by atoms with Crippen LogP contribution in [0.15, 0.2) is 50.1 Å². The number of hydrogen-bond acceptors (Lipinski definition) is 6. The number of para-hydroxylation sites is 1. The predicted molar refractivity (Wildman–Crippen MR) is 84.7 cm³/mol. The summed E-state index contributed by atoms with van der Waals surface area (Å²) in [6, 6.07) is 9.80. The maximum absolute atomic E-state index is 12.1. The lowest BCUT2D eigenvalue weighted by Crippen LogP contribution is -2.35. The molecule has 8 nitrogen and oxygen atoms in total. The Morgan fingerprint density at radius 3 is 2.75 bits per heavy atom. The molecule has 0 saturated heterocycles. The van der Waals surface area contributed by atoms with Gasteiger partial charge in [0.2, 0.25) is 5.91 Å². The number of rotatable bonds is 4. The van der Waals surface area contributed by atoms with Crippen molar-refractivity contribution in [2.45, 2.75) is 6.92 Å². The van der Waals surface area contributed by atoms with Crippen molar-refractivity contribution in [1.29, 1.82) is 0 Å². The van der Waals surface area contributed by atoms with Crippen LogP contribution >= 0.6 is 0 Å². The molecular weight excluding hydrogens is 314 g/mol. The van der Waals surface area contributed by atoms with Crippen LogP contribution in [-0.4, -0.2) is 23.5 Å². The molecule has 2 N–H and O–H groups in total. The van der Waals surface area contributed by atoms with Gasteiger partial charge in [-0.05, 0) is 19.1 Å². The molecule has 2 amide bonds. The van der Waals surface area contributed by atoms with Gasteiger partial charge in [-0.15, -0.1) is 0 Å². The van der Waals surface area contributed by atoms with Gasteiger partial charge in [0.05, 0.1) is 6.54 Å². The first-order valence-electron chi connectivity index (χ1n) is 7.07. The third kappa shape index (κ3) is 3.32. The molecule has 0 aliphatic heterocycles. The van der Waals surface area contributed by atoms with Gasteiger partial charge in [-0.25, -0.2) is 4.79 Å². The van der Waals surface area contributed by atoms with Gasteiger partial charge in [-0.3, -0.25) is 9.59 Å². The van der Waals surface area contributed by atoms with Gasteiger partial charge in [-0.2, -0.15) is 0 Å². The molecule has 0 unspecified atom stereocenters. The minimum atomic E-state index is -0.765. The Hall–Kier alpha value is -3.42. The topological polar surface area (TPSA) is 114 Å². The first kappa shape index (κ1) is 15.5. The summed E-state index contributed by atoms with van der Waals surface area (Å²) in [5.74, 6) is -0.400. The van der Waals surface area contributed by atoms with Crippen LogP contribution in [0.5, 0.6) is 0 Å². The quantitative estimate of drug-likeness (QED) is 0.701. The Morgan fingerprint density at radius 2 is 2.00 bits per heavy atom. The van der Waals surface area contributed by atoms with Crippen molar-refractivity contribution in [1.82, 2.24) is 10.5 Å². The smallest absolute Gasteiger partial charge is 0.349 e. The Labute approximate surface area is 135 Å². The van der Waals surface area contributed by atoms with E-state index < -0.39 is 17.4 Å². The number of carbonyl (C=O) groups excluding carboxylic acids is 2. The van der Waals surface area contributed by atoms with Crippen LogP contribution in [0.3, 0.4) is 0 Å². The minimum absolute atomic E-state index is 0.168. The highest BCUT2D eigenvalue weighted by Crippen LogP contribution is 2.12. The van der Waals surface area contributed by atoms with E-state index in [1.807, 2.05) is 0 Å². The normalized spacial score (nSPS) is 10.5. The van der Waals surface area contributed by atoms with Gasteiger partial charge in [0.25, 0.3) is 5.91 Å². The highest BCUT2D eigenvalue weighted by Gasteiger charge is 2.15. The molecule has 8 heteroatoms. The number of nitrogens with zero attached hydrogens (tertiary/aromatic N) is 1. The minimum Gasteiger partial charge on any atom is -0.422 e. The van der Waals surface area contributed by atoms with Crippen LogP contribution < -0.4 is 16.3 Å². The van der Waals surface area contributed by atoms with E-state index >= 15 is 0 Å². The lowest BCUT2D eigenvalue weighted by Gasteiger charge is -2.05. The number of amides is 2. The molecule has 0 atom stereocenters. The fourth-order valence-corrected chi connectivity index (χ4v) is 2.09. The summed E-state index contributed by atoms with van der Waals surface area (Å²) in [4.78, 5) is 35.7. The standard InChI is InChI=1S/C16H13N3O5/c1-9-6-13(19-24-9)18-14(20)8-17-15(21)11-7-10-4-2-3-5-12(10)23-16(11)22/h2-7H,8H2,1H3,(H,17,21)(H,18,19,20). The Morgan fingerprint density at radius 1 is 1.21 bits per heavy atom. The van der Waals surface area contributed by atoms with Crippen molar-refractivity contribution < 1.29 is 18.5 Å². The second-order valence-corrected chi connectivity index (χ2v) is 5.04. The van der Waals surface area contributed by atoms with Crippen LogP contribution in [0, 0.1) is 6.92 Å². The van der Waals surface area contributed by atoms with Crippen molar-refractivity contribution >= 4 is 28.6 Å². The van der Waals surface area contributed by atoms with E-state index in [1.54, 1.807) is 31.2 Å². The first-order valence-corrected chi connectivity index (χ1v) is 7.07. The predicted octanol–water partition coefficient (Wildman–Crippen LogP) is 1.46. The van der Waals surface area contributed by atoms with E-state index in [4.69, 9.17) is 8.94 Å². The Balaban J connectivity index is 1.67. The number of anilines is 1. The fourth-order valence-electron chi connectivity index (χ4n) is 2.09. The van der Waals surface area contributed by atoms with E-state index in [0.29, 0.717) is 16.7 Å². The monoisotopic (exact) mass is 327 g/mol. The molecule has 0 aliphatic carbocycles. The van der Waals surface area contributed by atoms with Gasteiger partial charge >= 0.3 is 5.63 Å². The molecule has 2 heterocycles. The number of benzene rings is 1. The molecule has 2 aromatic heterocycles. The second kappa shape index (κ2) is 6.37. The zero-order valence-electron chi connectivity index (χ0n) is 12.7. The Bertz CT molecular complexity index is 973. The summed E-state index contributed by atoms with van der Waals surface area (Å²) in [6.45, 7) is 1.36. The highest BCUT2D eigenvalue weighted by molar-refractivity contribution is 6.00. The van der Waals surface area contributed by atoms with Crippen LogP contribution in [0.1, 0.15) is 16.1 Å². The lowest BCUT2D eigenvalue weighted by atomic mass is 10.2. The van der Waals surface area contributed by atoms with Crippen molar-refractivity contribution in [3.05, 3.63) is 58.1 Å². The zero-order valence-corrected chi connectivity index (χ0v) is 12.7. The summed E-state index contributed by atoms with van der Waals surface area (Å²) in [6.07, 6.45) is 0. The van der Waals surface area contributed by atoms with E-state index in [2.05, 4.69) is 15.8 Å². The summed E-state index contributed by atoms with van der Waals surface area (Å²) in [5.41, 5.74) is -0.546. The number of nitrogens with one attached hydrogen (secondary N) is 2. The molecular formula is C16H13N3O5. The maximum Gasteiger partial charge on any atom is 0.349 e. The van der Waals surface area contributed by atoms with Crippen molar-refractivity contribution in [2.75, 3.05) is 11.9 Å². The van der Waals surface area contributed by atoms with Crippen LogP contribution in [0.25, 0.3) is 11.0 Å². The van der Waals surface area contributed by atoms with Gasteiger partial charge in [0.1, 0.15) is 16.9 Å². The molecule has 0 saturated carbocycles. The maximum atomic E-state index is 12.1. The van der Waals surface area contributed by atoms with Crippen molar-refractivity contribution in [3.63, 3.8) is 0 Å². The van der Waals surface area contributed by atoms with Gasteiger partial charge in [0.15, 0.2) is 5.82 Å². The van der Waals surface area contributed by atoms with Crippen molar-refractivity contribution in [3.8, 4) is 0 Å². The Kier molecular flexibility index (Phi) is 4.11. The number of aryl methyl sites for hydroxylation is 1. The SMILES string of the molecule is Cc1cc(NC(=O)CNC(=O)c2cc3ccccc3oc2=O)no1. The first-order chi connectivity index (χ1) is 11.5. The summed E-state index contributed by atoms with van der Waals surface area (Å²) in [5, 5.41) is 9.04. The molecule has 0 radical (unpaired) electrons. The van der Waals surface area contributed by atoms with Gasteiger partial charge < -0.3 is 19.6 Å². The fraction of sp³-hybridized carbons (Fsp3) is 0.125. The number of fused-ring (bicyclic) bond motifs is 1. The second-order valence-electron chi connectivity index (χ2n) is 5.04. The van der Waals surface area contributed by atoms with E-state index in [-0.39, 0.29) is 17.9 Å². The third-order valence-electron chi connectivity index (χ3n) is 3.19. The zero-order chi connectivity index (χ0) is 17.1. The average Bonchev–Trinajstić information content (AvgIpc) is 2.96. The average molecular weight is 327 g/mol. The third-order valence-corrected chi connectivity index (χ3v) is 3.19. The molecule has 0 fully saturated rings. The number of hydrogen-bond donors (Lipinski definition) is 2. The summed E-state index contributed by atoms with van der Waals surface area (Å²) in [7, 11) is 0. The van der Waals surface area contributed by atoms with Crippen LogP contribution in [0.2, 0.25) is 0 Å². The number of carbonyl (C=O) groups is 2. The van der Waals surface area contributed by atoms with Gasteiger partial charge in [0, 0.05) is 11.5 Å². The molecule has 1 aromatic carbocycles. The molecule has 0 bridgehead atoms.